The smallest absolute Gasteiger partial charge is 0.273 e. The summed E-state index contributed by atoms with van der Waals surface area (Å²) < 4.78 is 16.1. The lowest BCUT2D eigenvalue weighted by Gasteiger charge is -2.21. The lowest BCUT2D eigenvalue weighted by molar-refractivity contribution is 0.0943. The minimum absolute atomic E-state index is 0.246. The van der Waals surface area contributed by atoms with Gasteiger partial charge >= 0.3 is 0 Å². The average Bonchev–Trinajstić information content (AvgIpc) is 3.51. The second kappa shape index (κ2) is 10.5. The number of benzene rings is 2. The van der Waals surface area contributed by atoms with Crippen molar-refractivity contribution in [3.63, 3.8) is 0 Å². The molecule has 0 fully saturated rings. The SMILES string of the molecule is COc1ccc(CN(Cc2ccccc2)Cc2nc(C(=O)NCc3ccco3)co2)cc1. The van der Waals surface area contributed by atoms with E-state index in [0.717, 1.165) is 17.9 Å². The Kier molecular flexibility index (Phi) is 6.99. The zero-order valence-corrected chi connectivity index (χ0v) is 17.9. The highest BCUT2D eigenvalue weighted by Crippen LogP contribution is 2.17. The van der Waals surface area contributed by atoms with E-state index in [-0.39, 0.29) is 11.6 Å². The monoisotopic (exact) mass is 431 g/mol. The lowest BCUT2D eigenvalue weighted by Crippen LogP contribution is -2.24. The van der Waals surface area contributed by atoms with E-state index >= 15 is 0 Å². The summed E-state index contributed by atoms with van der Waals surface area (Å²) in [6.45, 7) is 2.18. The Labute approximate surface area is 186 Å². The molecule has 4 aromatic rings. The van der Waals surface area contributed by atoms with Gasteiger partial charge < -0.3 is 18.9 Å². The number of furan rings is 1. The van der Waals surface area contributed by atoms with Gasteiger partial charge in [0.05, 0.1) is 26.5 Å². The maximum absolute atomic E-state index is 12.4. The molecule has 7 nitrogen and oxygen atoms in total. The van der Waals surface area contributed by atoms with Gasteiger partial charge in [0.15, 0.2) is 5.69 Å². The molecule has 0 bridgehead atoms. The number of nitrogens with zero attached hydrogens (tertiary/aromatic N) is 2. The molecule has 0 radical (unpaired) electrons. The number of hydrogen-bond acceptors (Lipinski definition) is 6. The number of amides is 1. The third-order valence-corrected chi connectivity index (χ3v) is 4.96. The number of aromatic nitrogens is 1. The second-order valence-electron chi connectivity index (χ2n) is 7.37. The summed E-state index contributed by atoms with van der Waals surface area (Å²) in [5.74, 6) is 1.68. The maximum Gasteiger partial charge on any atom is 0.273 e. The molecule has 1 N–H and O–H groups in total. The summed E-state index contributed by atoms with van der Waals surface area (Å²) in [4.78, 5) is 19.0. The van der Waals surface area contributed by atoms with Gasteiger partial charge in [0, 0.05) is 13.1 Å². The van der Waals surface area contributed by atoms with Crippen molar-refractivity contribution in [2.24, 2.45) is 0 Å². The zero-order valence-electron chi connectivity index (χ0n) is 17.9. The van der Waals surface area contributed by atoms with Crippen LogP contribution < -0.4 is 10.1 Å². The molecule has 2 aromatic carbocycles. The summed E-state index contributed by atoms with van der Waals surface area (Å²) in [5.41, 5.74) is 2.57. The molecule has 4 rings (SSSR count). The third-order valence-electron chi connectivity index (χ3n) is 4.96. The quantitative estimate of drug-likeness (QED) is 0.401. The van der Waals surface area contributed by atoms with Crippen LogP contribution in [0.4, 0.5) is 0 Å². The van der Waals surface area contributed by atoms with Crippen molar-refractivity contribution in [1.82, 2.24) is 15.2 Å². The van der Waals surface area contributed by atoms with Gasteiger partial charge in [0.1, 0.15) is 17.8 Å². The van der Waals surface area contributed by atoms with Gasteiger partial charge in [0.25, 0.3) is 5.91 Å². The Hall–Kier alpha value is -3.84. The van der Waals surface area contributed by atoms with Crippen LogP contribution in [0.1, 0.15) is 33.3 Å². The Morgan fingerprint density at radius 3 is 2.38 bits per heavy atom. The van der Waals surface area contributed by atoms with Crippen molar-refractivity contribution in [2.45, 2.75) is 26.2 Å². The first kappa shape index (κ1) is 21.4. The molecule has 32 heavy (non-hydrogen) atoms. The molecule has 0 unspecified atom stereocenters. The van der Waals surface area contributed by atoms with Crippen LogP contribution in [-0.2, 0) is 26.2 Å². The van der Waals surface area contributed by atoms with Gasteiger partial charge in [-0.25, -0.2) is 4.98 Å². The summed E-state index contributed by atoms with van der Waals surface area (Å²) in [6, 6.07) is 21.8. The first-order chi connectivity index (χ1) is 15.7. The predicted molar refractivity (Wildman–Crippen MR) is 119 cm³/mol. The third kappa shape index (κ3) is 5.86. The van der Waals surface area contributed by atoms with Gasteiger partial charge in [-0.15, -0.1) is 0 Å². The highest BCUT2D eigenvalue weighted by molar-refractivity contribution is 5.91. The van der Waals surface area contributed by atoms with E-state index < -0.39 is 0 Å². The summed E-state index contributed by atoms with van der Waals surface area (Å²) in [5, 5.41) is 2.78. The van der Waals surface area contributed by atoms with E-state index in [4.69, 9.17) is 13.6 Å². The van der Waals surface area contributed by atoms with Gasteiger partial charge in [0.2, 0.25) is 5.89 Å². The molecule has 0 spiro atoms. The van der Waals surface area contributed by atoms with E-state index in [0.29, 0.717) is 31.3 Å². The zero-order chi connectivity index (χ0) is 22.2. The Bertz CT molecular complexity index is 1110. The number of carbonyl (C=O) groups excluding carboxylic acids is 1. The molecule has 0 aliphatic rings. The van der Waals surface area contributed by atoms with E-state index in [9.17, 15) is 4.79 Å². The fourth-order valence-corrected chi connectivity index (χ4v) is 3.35. The van der Waals surface area contributed by atoms with Gasteiger partial charge in [-0.1, -0.05) is 42.5 Å². The number of nitrogens with one attached hydrogen (secondary N) is 1. The van der Waals surface area contributed by atoms with Crippen molar-refractivity contribution in [2.75, 3.05) is 7.11 Å². The van der Waals surface area contributed by atoms with E-state index in [1.807, 2.05) is 42.5 Å². The van der Waals surface area contributed by atoms with Crippen LogP contribution in [0.25, 0.3) is 0 Å². The first-order valence-electron chi connectivity index (χ1n) is 10.3. The molecule has 7 heteroatoms. The summed E-state index contributed by atoms with van der Waals surface area (Å²) >= 11 is 0. The molecule has 2 heterocycles. The molecule has 0 aliphatic heterocycles. The number of oxazole rings is 1. The molecular formula is C25H25N3O4. The maximum atomic E-state index is 12.4. The van der Waals surface area contributed by atoms with Crippen LogP contribution in [0.15, 0.2) is 88.1 Å². The van der Waals surface area contributed by atoms with Crippen LogP contribution in [-0.4, -0.2) is 22.9 Å². The minimum atomic E-state index is -0.304. The Morgan fingerprint density at radius 1 is 0.938 bits per heavy atom. The van der Waals surface area contributed by atoms with Gasteiger partial charge in [-0.05, 0) is 35.4 Å². The highest BCUT2D eigenvalue weighted by Gasteiger charge is 2.16. The number of ether oxygens (including phenoxy) is 1. The first-order valence-corrected chi connectivity index (χ1v) is 10.3. The standard InChI is InChI=1S/C25H25N3O4/c1-30-21-11-9-20(10-12-21)16-28(15-19-6-3-2-4-7-19)17-24-27-23(18-32-24)25(29)26-14-22-8-5-13-31-22/h2-13,18H,14-17H2,1H3,(H,26,29). The fourth-order valence-electron chi connectivity index (χ4n) is 3.35. The van der Waals surface area contributed by atoms with Crippen LogP contribution in [0.5, 0.6) is 5.75 Å². The molecule has 0 atom stereocenters. The fraction of sp³-hybridized carbons (Fsp3) is 0.200. The van der Waals surface area contributed by atoms with Crippen LogP contribution in [0.2, 0.25) is 0 Å². The average molecular weight is 431 g/mol. The second-order valence-corrected chi connectivity index (χ2v) is 7.37. The highest BCUT2D eigenvalue weighted by atomic mass is 16.5. The Morgan fingerprint density at radius 2 is 1.69 bits per heavy atom. The van der Waals surface area contributed by atoms with E-state index in [1.54, 1.807) is 25.5 Å². The van der Waals surface area contributed by atoms with Crippen molar-refractivity contribution in [3.8, 4) is 5.75 Å². The largest absolute Gasteiger partial charge is 0.497 e. The van der Waals surface area contributed by atoms with Crippen molar-refractivity contribution >= 4 is 5.91 Å². The van der Waals surface area contributed by atoms with Crippen LogP contribution in [0, 0.1) is 0 Å². The number of rotatable bonds is 10. The van der Waals surface area contributed by atoms with E-state index in [2.05, 4.69) is 27.3 Å². The lowest BCUT2D eigenvalue weighted by atomic mass is 10.1. The van der Waals surface area contributed by atoms with Gasteiger partial charge in [-0.3, -0.25) is 9.69 Å². The molecule has 2 aromatic heterocycles. The van der Waals surface area contributed by atoms with E-state index in [1.165, 1.54) is 11.8 Å². The number of methoxy groups -OCH3 is 1. The normalized spacial score (nSPS) is 10.9. The topological polar surface area (TPSA) is 80.7 Å². The predicted octanol–water partition coefficient (Wildman–Crippen LogP) is 4.41. The van der Waals surface area contributed by atoms with Crippen LogP contribution >= 0.6 is 0 Å². The van der Waals surface area contributed by atoms with Crippen molar-refractivity contribution in [1.29, 1.82) is 0 Å². The molecule has 164 valence electrons. The number of carbonyl (C=O) groups is 1. The molecule has 0 saturated carbocycles. The molecule has 1 amide bonds. The summed E-state index contributed by atoms with van der Waals surface area (Å²) in [7, 11) is 1.65. The van der Waals surface area contributed by atoms with Crippen LogP contribution in [0.3, 0.4) is 0 Å². The summed E-state index contributed by atoms with van der Waals surface area (Å²) in [6.07, 6.45) is 2.96. The van der Waals surface area contributed by atoms with Gasteiger partial charge in [-0.2, -0.15) is 0 Å². The Balaban J connectivity index is 1.43. The number of hydrogen-bond donors (Lipinski definition) is 1. The molecule has 0 saturated heterocycles. The molecular weight excluding hydrogens is 406 g/mol. The van der Waals surface area contributed by atoms with Crippen molar-refractivity contribution in [3.05, 3.63) is 108 Å². The molecule has 0 aliphatic carbocycles. The van der Waals surface area contributed by atoms with Crippen molar-refractivity contribution < 1.29 is 18.4 Å². The minimum Gasteiger partial charge on any atom is -0.497 e.